The minimum absolute atomic E-state index is 0.179. The van der Waals surface area contributed by atoms with Crippen molar-refractivity contribution in [2.45, 2.75) is 149 Å². The summed E-state index contributed by atoms with van der Waals surface area (Å²) in [5, 5.41) is 0. The fourth-order valence-corrected chi connectivity index (χ4v) is 16.5. The summed E-state index contributed by atoms with van der Waals surface area (Å²) in [5.41, 5.74) is 18.5. The molecule has 0 radical (unpaired) electrons. The molecule has 0 N–H and O–H groups in total. The molecule has 10 aromatic carbocycles. The molecule has 0 aromatic heterocycles. The number of hydrogen-bond acceptors (Lipinski definition) is 10. The monoisotopic (exact) mass is 1590 g/mol. The Hall–Kier alpha value is -13.1. The van der Waals surface area contributed by atoms with Crippen molar-refractivity contribution >= 4 is 114 Å². The van der Waals surface area contributed by atoms with Crippen LogP contribution in [0.5, 0.6) is 0 Å². The Morgan fingerprint density at radius 1 is 0.231 bits per heavy atom. The fourth-order valence-electron chi connectivity index (χ4n) is 16.5. The molecule has 0 fully saturated rings. The summed E-state index contributed by atoms with van der Waals surface area (Å²) in [5.74, 6) is -8.09. The van der Waals surface area contributed by atoms with Gasteiger partial charge in [-0.1, -0.05) is 71.8 Å². The van der Waals surface area contributed by atoms with Crippen LogP contribution in [0.1, 0.15) is 101 Å². The second-order valence-electron chi connectivity index (χ2n) is 30.4. The number of benzene rings is 10. The predicted molar refractivity (Wildman–Crippen MR) is 452 cm³/mol. The van der Waals surface area contributed by atoms with Crippen LogP contribution in [0.3, 0.4) is 0 Å². The van der Waals surface area contributed by atoms with Crippen molar-refractivity contribution in [3.63, 3.8) is 0 Å². The minimum atomic E-state index is -0.825. The lowest BCUT2D eigenvalue weighted by Crippen LogP contribution is -2.36. The van der Waals surface area contributed by atoms with Crippen molar-refractivity contribution < 1.29 is 43.9 Å². The summed E-state index contributed by atoms with van der Waals surface area (Å²) >= 11 is 0. The second-order valence-corrected chi connectivity index (χ2v) is 30.4. The van der Waals surface area contributed by atoms with E-state index in [0.717, 1.165) is 89.6 Å². The SMILES string of the molecule is [C-]#[N+]c1c(F)cc2c(c1F)N(C)[C@H](C)N2c1c(C)cc(C)cc1C.[C-]#[N+]c1c(F)cc2c(c1F)N(C)[C@H](C)N2c1c(C)cccc1C.[C-]#[N+]c1c(F)cc2c(c1F)N(C)[C@H](C)N2c1cc(C)c(C)cc1C.[C-]#[N+]c1c(F)cc2c(c1F)N(C)[C@H](C)N2c1cc(C)ccc1C.[C-]#[N+]c1c(F)cc2c(c1F)N(C)[C@H](C)N2c1ccc(C)cc1C. The minimum Gasteiger partial charge on any atom is -0.351 e. The van der Waals surface area contributed by atoms with Crippen LogP contribution < -0.4 is 49.0 Å². The molecule has 10 aromatic rings. The van der Waals surface area contributed by atoms with Crippen molar-refractivity contribution in [1.82, 2.24) is 0 Å². The number of halogens is 10. The zero-order valence-electron chi connectivity index (χ0n) is 69.3. The lowest BCUT2D eigenvalue weighted by atomic mass is 10.0. The second kappa shape index (κ2) is 32.7. The van der Waals surface area contributed by atoms with Crippen LogP contribution in [0, 0.1) is 174 Å². The summed E-state index contributed by atoms with van der Waals surface area (Å²) in [7, 11) is 8.78. The van der Waals surface area contributed by atoms with Crippen molar-refractivity contribution in [3.8, 4) is 0 Å². The van der Waals surface area contributed by atoms with Gasteiger partial charge in [0.15, 0.2) is 29.1 Å². The third-order valence-electron chi connectivity index (χ3n) is 22.9. The van der Waals surface area contributed by atoms with Gasteiger partial charge < -0.3 is 49.0 Å². The summed E-state index contributed by atoms with van der Waals surface area (Å²) < 4.78 is 144. The van der Waals surface area contributed by atoms with Gasteiger partial charge in [0.25, 0.3) is 28.4 Å². The van der Waals surface area contributed by atoms with E-state index < -0.39 is 86.6 Å². The van der Waals surface area contributed by atoms with Gasteiger partial charge in [0.1, 0.15) is 59.9 Å². The first-order valence-electron chi connectivity index (χ1n) is 37.6. The molecule has 0 unspecified atom stereocenters. The van der Waals surface area contributed by atoms with Crippen molar-refractivity contribution in [1.29, 1.82) is 0 Å². The fraction of sp³-hybridized carbons (Fsp3) is 0.293. The van der Waals surface area contributed by atoms with Crippen LogP contribution in [0.2, 0.25) is 0 Å². The smallest absolute Gasteiger partial charge is 0.259 e. The molecule has 15 nitrogen and oxygen atoms in total. The third kappa shape index (κ3) is 14.5. The first kappa shape index (κ1) is 84.8. The van der Waals surface area contributed by atoms with Crippen LogP contribution in [0.25, 0.3) is 24.2 Å². The van der Waals surface area contributed by atoms with Gasteiger partial charge in [-0.05, 0) is 222 Å². The highest BCUT2D eigenvalue weighted by atomic mass is 19.2. The van der Waals surface area contributed by atoms with E-state index >= 15 is 0 Å². The zero-order chi connectivity index (χ0) is 86.2. The molecular weight excluding hydrogens is 1510 g/mol. The van der Waals surface area contributed by atoms with Crippen LogP contribution in [0.4, 0.5) is 158 Å². The van der Waals surface area contributed by atoms with E-state index in [-0.39, 0.29) is 59.3 Å². The Bertz CT molecular complexity index is 5910. The van der Waals surface area contributed by atoms with Gasteiger partial charge in [0.05, 0.1) is 89.7 Å². The Morgan fingerprint density at radius 2 is 0.487 bits per heavy atom. The van der Waals surface area contributed by atoms with E-state index in [0.29, 0.717) is 28.4 Å². The Morgan fingerprint density at radius 3 is 0.812 bits per heavy atom. The van der Waals surface area contributed by atoms with Crippen LogP contribution in [-0.4, -0.2) is 66.1 Å². The van der Waals surface area contributed by atoms with Gasteiger partial charge >= 0.3 is 0 Å². The summed E-state index contributed by atoms with van der Waals surface area (Å²) in [6, 6.07) is 32.5. The van der Waals surface area contributed by atoms with Crippen molar-refractivity contribution in [3.05, 3.63) is 291 Å². The number of fused-ring (bicyclic) bond motifs is 5. The Labute approximate surface area is 678 Å². The van der Waals surface area contributed by atoms with E-state index in [1.807, 2.05) is 203 Å². The topological polar surface area (TPSA) is 54.2 Å². The van der Waals surface area contributed by atoms with E-state index in [1.54, 1.807) is 59.7 Å². The highest BCUT2D eigenvalue weighted by Crippen LogP contribution is 2.56. The maximum Gasteiger partial charge on any atom is 0.259 e. The number of aryl methyl sites for hydroxylation is 12. The standard InChI is InChI=1S/2C19H19F2N3.3C18H17F2N3/c1-10-7-12(3)15(8-11(10)2)24-13(4)23(6)19-16(24)9-14(20)18(22-5)17(19)21;1-10-7-11(2)18(12(3)8-10)24-13(4)23(6)19-15(24)9-14(20)17(22-5)16(19)21;1-10-6-7-14(11(2)8-10)23-12(3)22(5)18-15(23)9-13(19)17(21-4)16(18)20;1-10-6-7-11(2)14(8-10)23-12(3)22(5)18-15(23)9-13(19)17(21-4)16(18)20;1-10-7-6-8-11(2)17(10)23-12(3)22(5)18-14(23)9-13(19)16(21-4)15(18)20/h2*7-9,13H,1-4,6H3;3*6-9,12H,1-3,5H3/t2*13-;3*12-/m00000/s1. The quantitative estimate of drug-likeness (QED) is 0.123. The van der Waals surface area contributed by atoms with Crippen LogP contribution in [0.15, 0.2) is 109 Å². The number of rotatable bonds is 5. The molecule has 0 spiro atoms. The third-order valence-corrected chi connectivity index (χ3v) is 22.9. The maximum atomic E-state index is 14.7. The van der Waals surface area contributed by atoms with Gasteiger partial charge in [-0.3, -0.25) is 0 Å². The molecule has 5 aliphatic rings. The largest absolute Gasteiger partial charge is 0.351 e. The molecule has 5 heterocycles. The number of hydrogen-bond donors (Lipinski definition) is 0. The van der Waals surface area contributed by atoms with E-state index in [9.17, 15) is 43.9 Å². The highest BCUT2D eigenvalue weighted by Gasteiger charge is 2.43. The number of para-hydroxylation sites is 1. The molecule has 0 amide bonds. The number of anilines is 15. The van der Waals surface area contributed by atoms with Crippen LogP contribution in [-0.2, 0) is 0 Å². The van der Waals surface area contributed by atoms with E-state index in [1.165, 1.54) is 35.9 Å². The molecule has 5 atom stereocenters. The lowest BCUT2D eigenvalue weighted by molar-refractivity contribution is 0.593. The average Bonchev–Trinajstić information content (AvgIpc) is 1.62. The summed E-state index contributed by atoms with van der Waals surface area (Å²) in [4.78, 5) is 33.3. The predicted octanol–water partition coefficient (Wildman–Crippen LogP) is 25.9. The van der Waals surface area contributed by atoms with Crippen LogP contribution >= 0.6 is 0 Å². The van der Waals surface area contributed by atoms with Crippen molar-refractivity contribution in [2.24, 2.45) is 0 Å². The molecule has 5 aliphatic heterocycles. The molecule has 0 saturated heterocycles. The molecule has 0 aliphatic carbocycles. The molecule has 15 rings (SSSR count). The van der Waals surface area contributed by atoms with Gasteiger partial charge in [-0.25, -0.2) is 68.1 Å². The lowest BCUT2D eigenvalue weighted by Gasteiger charge is -2.30. The molecule has 117 heavy (non-hydrogen) atoms. The normalized spacial score (nSPS) is 16.4. The maximum absolute atomic E-state index is 14.7. The molecule has 25 heteroatoms. The van der Waals surface area contributed by atoms with Crippen molar-refractivity contribution in [2.75, 3.05) is 84.2 Å². The molecular formula is C92H89F10N15. The summed E-state index contributed by atoms with van der Waals surface area (Å²) in [6.07, 6.45) is -0.910. The molecule has 0 saturated carbocycles. The molecule has 0 bridgehead atoms. The first-order valence-corrected chi connectivity index (χ1v) is 37.6. The van der Waals surface area contributed by atoms with Gasteiger partial charge in [-0.2, -0.15) is 0 Å². The molecule has 602 valence electrons. The highest BCUT2D eigenvalue weighted by molar-refractivity contribution is 5.93. The summed E-state index contributed by atoms with van der Waals surface area (Å²) in [6.45, 7) is 68.7. The van der Waals surface area contributed by atoms with Gasteiger partial charge in [-0.15, -0.1) is 0 Å². The number of nitrogens with zero attached hydrogens (tertiary/aromatic N) is 15. The van der Waals surface area contributed by atoms with Gasteiger partial charge in [0.2, 0.25) is 0 Å². The Kier molecular flexibility index (Phi) is 23.7. The first-order chi connectivity index (χ1) is 55.1. The van der Waals surface area contributed by atoms with Gasteiger partial charge in [0, 0.05) is 63.7 Å². The van der Waals surface area contributed by atoms with E-state index in [4.69, 9.17) is 32.9 Å². The average molecular weight is 1590 g/mol. The Balaban J connectivity index is 0.000000144. The zero-order valence-corrected chi connectivity index (χ0v) is 69.3. The van der Waals surface area contributed by atoms with E-state index in [2.05, 4.69) is 42.4 Å².